The summed E-state index contributed by atoms with van der Waals surface area (Å²) < 4.78 is 5.56. The highest BCUT2D eigenvalue weighted by atomic mass is 79.9. The maximum atomic E-state index is 11.6. The highest BCUT2D eigenvalue weighted by Gasteiger charge is 2.20. The van der Waals surface area contributed by atoms with Crippen LogP contribution in [0, 0.1) is 0 Å². The summed E-state index contributed by atoms with van der Waals surface area (Å²) in [6.45, 7) is 2.23. The van der Waals surface area contributed by atoms with E-state index < -0.39 is 11.9 Å². The van der Waals surface area contributed by atoms with Crippen LogP contribution in [0.15, 0.2) is 28.7 Å². The van der Waals surface area contributed by atoms with Crippen LogP contribution in [0.2, 0.25) is 0 Å². The predicted molar refractivity (Wildman–Crippen MR) is 67.2 cm³/mol. The van der Waals surface area contributed by atoms with Crippen LogP contribution in [0.4, 0.5) is 0 Å². The molecule has 0 saturated heterocycles. The fourth-order valence-corrected chi connectivity index (χ4v) is 1.71. The number of hydrogen-bond donors (Lipinski definition) is 0. The number of benzene rings is 1. The number of rotatable bonds is 3. The molecule has 0 aliphatic rings. The molecule has 0 spiro atoms. The zero-order valence-corrected chi connectivity index (χ0v) is 11.4. The van der Waals surface area contributed by atoms with Crippen LogP contribution in [0.25, 0.3) is 0 Å². The zero-order valence-electron chi connectivity index (χ0n) is 9.77. The van der Waals surface area contributed by atoms with Gasteiger partial charge in [0.05, 0.1) is 6.61 Å². The summed E-state index contributed by atoms with van der Waals surface area (Å²) in [5.74, 6) is -1.45. The molecule has 1 amide bonds. The zero-order chi connectivity index (χ0) is 12.8. The van der Waals surface area contributed by atoms with Crippen LogP contribution in [0.5, 0.6) is 0 Å². The molecule has 0 atom stereocenters. The van der Waals surface area contributed by atoms with E-state index in [1.807, 2.05) is 24.3 Å². The van der Waals surface area contributed by atoms with Crippen molar-refractivity contribution in [3.63, 3.8) is 0 Å². The molecule has 5 heteroatoms. The van der Waals surface area contributed by atoms with Gasteiger partial charge in [0.1, 0.15) is 0 Å². The van der Waals surface area contributed by atoms with Gasteiger partial charge in [-0.15, -0.1) is 0 Å². The summed E-state index contributed by atoms with van der Waals surface area (Å²) in [6.07, 6.45) is 0. The largest absolute Gasteiger partial charge is 0.459 e. The van der Waals surface area contributed by atoms with Crippen LogP contribution in [0.3, 0.4) is 0 Å². The molecule has 92 valence electrons. The molecule has 17 heavy (non-hydrogen) atoms. The third kappa shape index (κ3) is 3.85. The first-order valence-electron chi connectivity index (χ1n) is 5.22. The third-order valence-electron chi connectivity index (χ3n) is 2.16. The third-order valence-corrected chi connectivity index (χ3v) is 2.94. The number of carbonyl (C=O) groups excluding carboxylic acids is 2. The Morgan fingerprint density at radius 3 is 2.59 bits per heavy atom. The SMILES string of the molecule is CCOC(=O)C(=O)N(C)Cc1ccccc1Br. The Hall–Kier alpha value is -1.36. The van der Waals surface area contributed by atoms with E-state index in [1.165, 1.54) is 4.90 Å². The molecule has 1 aromatic carbocycles. The van der Waals surface area contributed by atoms with Gasteiger partial charge in [0.25, 0.3) is 0 Å². The molecule has 0 heterocycles. The summed E-state index contributed by atoms with van der Waals surface area (Å²) in [7, 11) is 1.57. The molecule has 1 rings (SSSR count). The first kappa shape index (κ1) is 13.7. The van der Waals surface area contributed by atoms with Gasteiger partial charge in [0.2, 0.25) is 0 Å². The molecule has 0 saturated carbocycles. The number of carbonyl (C=O) groups is 2. The Labute approximate surface area is 109 Å². The fourth-order valence-electron chi connectivity index (χ4n) is 1.30. The molecule has 1 aromatic rings. The second kappa shape index (κ2) is 6.39. The molecular formula is C12H14BrNO3. The topological polar surface area (TPSA) is 46.6 Å². The molecule has 0 aromatic heterocycles. The van der Waals surface area contributed by atoms with Crippen molar-refractivity contribution >= 4 is 27.8 Å². The van der Waals surface area contributed by atoms with Gasteiger partial charge < -0.3 is 9.64 Å². The van der Waals surface area contributed by atoms with Crippen LogP contribution in [-0.4, -0.2) is 30.4 Å². The van der Waals surface area contributed by atoms with Gasteiger partial charge in [-0.25, -0.2) is 4.79 Å². The quantitative estimate of drug-likeness (QED) is 0.633. The summed E-state index contributed by atoms with van der Waals surface area (Å²) >= 11 is 3.39. The van der Waals surface area contributed by atoms with Gasteiger partial charge in [-0.1, -0.05) is 34.1 Å². The maximum Gasteiger partial charge on any atom is 0.397 e. The van der Waals surface area contributed by atoms with E-state index in [2.05, 4.69) is 20.7 Å². The number of esters is 1. The van der Waals surface area contributed by atoms with E-state index in [0.29, 0.717) is 6.54 Å². The lowest BCUT2D eigenvalue weighted by Gasteiger charge is -2.16. The Morgan fingerprint density at radius 1 is 1.35 bits per heavy atom. The standard InChI is InChI=1S/C12H14BrNO3/c1-3-17-12(16)11(15)14(2)8-9-6-4-5-7-10(9)13/h4-7H,3,8H2,1-2H3. The minimum absolute atomic E-state index is 0.202. The minimum atomic E-state index is -0.818. The van der Waals surface area contributed by atoms with Crippen LogP contribution in [0.1, 0.15) is 12.5 Å². The van der Waals surface area contributed by atoms with Crippen LogP contribution >= 0.6 is 15.9 Å². The summed E-state index contributed by atoms with van der Waals surface area (Å²) in [5, 5.41) is 0. The van der Waals surface area contributed by atoms with Crippen molar-refractivity contribution in [1.29, 1.82) is 0 Å². The van der Waals surface area contributed by atoms with E-state index >= 15 is 0 Å². The number of likely N-dealkylation sites (N-methyl/N-ethyl adjacent to an activating group) is 1. The second-order valence-corrected chi connectivity index (χ2v) is 4.33. The molecule has 0 N–H and O–H groups in total. The lowest BCUT2D eigenvalue weighted by molar-refractivity contribution is -0.159. The first-order valence-corrected chi connectivity index (χ1v) is 6.01. The van der Waals surface area contributed by atoms with E-state index in [0.717, 1.165) is 10.0 Å². The van der Waals surface area contributed by atoms with Crippen molar-refractivity contribution in [3.05, 3.63) is 34.3 Å². The highest BCUT2D eigenvalue weighted by molar-refractivity contribution is 9.10. The van der Waals surface area contributed by atoms with Gasteiger partial charge in [-0.2, -0.15) is 0 Å². The van der Waals surface area contributed by atoms with Crippen LogP contribution in [-0.2, 0) is 20.9 Å². The smallest absolute Gasteiger partial charge is 0.397 e. The Bertz CT molecular complexity index is 420. The first-order chi connectivity index (χ1) is 8.06. The molecule has 0 unspecified atom stereocenters. The lowest BCUT2D eigenvalue weighted by atomic mass is 10.2. The summed E-state index contributed by atoms with van der Waals surface area (Å²) in [4.78, 5) is 24.2. The Morgan fingerprint density at radius 2 is 2.00 bits per heavy atom. The van der Waals surface area contributed by atoms with Gasteiger partial charge >= 0.3 is 11.9 Å². The molecule has 4 nitrogen and oxygen atoms in total. The molecule has 0 aliphatic heterocycles. The normalized spacial score (nSPS) is 9.82. The number of hydrogen-bond acceptors (Lipinski definition) is 3. The Balaban J connectivity index is 2.66. The molecular weight excluding hydrogens is 286 g/mol. The van der Waals surface area contributed by atoms with Crippen molar-refractivity contribution in [2.45, 2.75) is 13.5 Å². The number of nitrogens with zero attached hydrogens (tertiary/aromatic N) is 1. The average Bonchev–Trinajstić information content (AvgIpc) is 2.31. The molecule has 0 aliphatic carbocycles. The second-order valence-electron chi connectivity index (χ2n) is 3.47. The van der Waals surface area contributed by atoms with E-state index in [4.69, 9.17) is 0 Å². The van der Waals surface area contributed by atoms with Gasteiger partial charge in [-0.05, 0) is 18.6 Å². The van der Waals surface area contributed by atoms with Gasteiger partial charge in [-0.3, -0.25) is 4.79 Å². The Kier molecular flexibility index (Phi) is 5.15. The van der Waals surface area contributed by atoms with Crippen molar-refractivity contribution in [2.75, 3.05) is 13.7 Å². The summed E-state index contributed by atoms with van der Waals surface area (Å²) in [6, 6.07) is 7.54. The highest BCUT2D eigenvalue weighted by Crippen LogP contribution is 2.17. The predicted octanol–water partition coefficient (Wildman–Crippen LogP) is 1.97. The van der Waals surface area contributed by atoms with Crippen LogP contribution < -0.4 is 0 Å². The van der Waals surface area contributed by atoms with Crippen molar-refractivity contribution in [2.24, 2.45) is 0 Å². The minimum Gasteiger partial charge on any atom is -0.459 e. The van der Waals surface area contributed by atoms with E-state index in [1.54, 1.807) is 14.0 Å². The summed E-state index contributed by atoms with van der Waals surface area (Å²) in [5.41, 5.74) is 0.938. The van der Waals surface area contributed by atoms with Crippen molar-refractivity contribution < 1.29 is 14.3 Å². The average molecular weight is 300 g/mol. The van der Waals surface area contributed by atoms with Crippen molar-refractivity contribution in [1.82, 2.24) is 4.90 Å². The molecule has 0 radical (unpaired) electrons. The van der Waals surface area contributed by atoms with E-state index in [-0.39, 0.29) is 6.61 Å². The molecule has 0 bridgehead atoms. The number of amides is 1. The monoisotopic (exact) mass is 299 g/mol. The number of halogens is 1. The number of ether oxygens (including phenoxy) is 1. The fraction of sp³-hybridized carbons (Fsp3) is 0.333. The molecule has 0 fully saturated rings. The van der Waals surface area contributed by atoms with E-state index in [9.17, 15) is 9.59 Å². The van der Waals surface area contributed by atoms with Crippen molar-refractivity contribution in [3.8, 4) is 0 Å². The lowest BCUT2D eigenvalue weighted by Crippen LogP contribution is -2.34. The van der Waals surface area contributed by atoms with Gasteiger partial charge in [0.15, 0.2) is 0 Å². The maximum absolute atomic E-state index is 11.6. The van der Waals surface area contributed by atoms with Gasteiger partial charge in [0, 0.05) is 18.1 Å².